The van der Waals surface area contributed by atoms with Crippen molar-refractivity contribution in [2.45, 2.75) is 123 Å². The minimum atomic E-state index is -1.54. The third kappa shape index (κ3) is 30.9. The number of ketones is 1. The van der Waals surface area contributed by atoms with E-state index in [-0.39, 0.29) is 81.6 Å². The fourth-order valence-corrected chi connectivity index (χ4v) is 11.1. The number of urea groups is 1. The second-order valence-electron chi connectivity index (χ2n) is 22.6. The first-order valence-corrected chi connectivity index (χ1v) is 31.1. The molecular formula is C64H95N13O13S. The highest BCUT2D eigenvalue weighted by atomic mass is 32.1. The summed E-state index contributed by atoms with van der Waals surface area (Å²) in [4.78, 5) is 131. The van der Waals surface area contributed by atoms with Gasteiger partial charge in [-0.25, -0.2) is 14.4 Å². The Kier molecular flexibility index (Phi) is 34.6. The van der Waals surface area contributed by atoms with Gasteiger partial charge in [-0.1, -0.05) is 68.4 Å². The number of carbonyl (C=O) groups excluding carboxylic acids is 7. The molecule has 4 atom stereocenters. The summed E-state index contributed by atoms with van der Waals surface area (Å²) < 4.78 is 6.21. The number of nitrogens with one attached hydrogen (secondary N) is 5. The lowest BCUT2D eigenvalue weighted by Crippen LogP contribution is -2.54. The highest BCUT2D eigenvalue weighted by Crippen LogP contribution is 2.31. The number of primary amides is 4. The predicted molar refractivity (Wildman–Crippen MR) is 351 cm³/mol. The number of fused-ring (bicyclic) bond motifs is 1. The summed E-state index contributed by atoms with van der Waals surface area (Å²) in [5.41, 5.74) is 25.1. The fraction of sp³-hybridized carbons (Fsp3) is 0.547. The van der Waals surface area contributed by atoms with Gasteiger partial charge in [-0.05, 0) is 130 Å². The van der Waals surface area contributed by atoms with Crippen molar-refractivity contribution >= 4 is 93.0 Å². The number of benzene rings is 3. The molecule has 0 aromatic heterocycles. The molecule has 2 aliphatic rings. The van der Waals surface area contributed by atoms with Crippen LogP contribution in [0.4, 0.5) is 10.5 Å². The normalized spacial score (nSPS) is 17.8. The monoisotopic (exact) mass is 1290 g/mol. The molecule has 26 nitrogen and oxygen atoms in total. The number of hydrogen-bond donors (Lipinski definition) is 12. The number of carboxylic acids is 3. The topological polar surface area (TPSA) is 409 Å². The van der Waals surface area contributed by atoms with E-state index in [0.717, 1.165) is 40.4 Å². The van der Waals surface area contributed by atoms with Crippen molar-refractivity contribution in [3.8, 4) is 11.8 Å². The highest BCUT2D eigenvalue weighted by molar-refractivity contribution is 7.80. The largest absolute Gasteiger partial charge is 0.481 e. The van der Waals surface area contributed by atoms with Crippen LogP contribution in [-0.2, 0) is 56.0 Å². The van der Waals surface area contributed by atoms with Gasteiger partial charge in [0.2, 0.25) is 29.5 Å². The number of thiocarbonyl (C=S) groups is 1. The van der Waals surface area contributed by atoms with Crippen LogP contribution in [-0.4, -0.2) is 202 Å². The third-order valence-corrected chi connectivity index (χ3v) is 15.9. The van der Waals surface area contributed by atoms with Crippen molar-refractivity contribution in [1.82, 2.24) is 40.9 Å². The Hall–Kier alpha value is -8.29. The van der Waals surface area contributed by atoms with Crippen LogP contribution in [0.3, 0.4) is 0 Å². The van der Waals surface area contributed by atoms with Crippen LogP contribution in [0, 0.1) is 29.6 Å². The molecule has 3 aromatic carbocycles. The summed E-state index contributed by atoms with van der Waals surface area (Å²) in [5.74, 6) is -1.85. The molecule has 500 valence electrons. The molecule has 1 heterocycles. The minimum Gasteiger partial charge on any atom is -0.481 e. The van der Waals surface area contributed by atoms with Crippen LogP contribution in [0.2, 0.25) is 0 Å². The maximum Gasteiger partial charge on any atom is 0.326 e. The number of anilines is 1. The van der Waals surface area contributed by atoms with Crippen LogP contribution in [0.1, 0.15) is 104 Å². The average molecular weight is 1290 g/mol. The first-order chi connectivity index (χ1) is 43.8. The van der Waals surface area contributed by atoms with E-state index in [0.29, 0.717) is 96.5 Å². The number of carboxylic acid groups (broad SMARTS) is 3. The molecule has 0 spiro atoms. The Balaban J connectivity index is 0.00000300. The Morgan fingerprint density at radius 2 is 1.19 bits per heavy atom. The number of nitrogens with zero attached hydrogens (tertiary/aromatic N) is 4. The first-order valence-electron chi connectivity index (χ1n) is 31.4. The highest BCUT2D eigenvalue weighted by Gasteiger charge is 2.32. The zero-order chi connectivity index (χ0) is 68.1. The third-order valence-electron chi connectivity index (χ3n) is 15.6. The summed E-state index contributed by atoms with van der Waals surface area (Å²) in [6.45, 7) is 9.00. The lowest BCUT2D eigenvalue weighted by Gasteiger charge is -2.38. The second-order valence-corrected chi connectivity index (χ2v) is 23.0. The molecule has 1 unspecified atom stereocenters. The van der Waals surface area contributed by atoms with Gasteiger partial charge in [0.25, 0.3) is 0 Å². The number of Topliss-reactive ketones (excluding diaryl/α,β-unsaturated/α-hetero) is 1. The summed E-state index contributed by atoms with van der Waals surface area (Å²) in [5, 5.41) is 44.3. The van der Waals surface area contributed by atoms with Crippen molar-refractivity contribution in [3.63, 3.8) is 0 Å². The van der Waals surface area contributed by atoms with Crippen LogP contribution < -0.4 is 49.5 Å². The number of nitrogens with two attached hydrogens (primary N) is 4. The molecule has 1 saturated carbocycles. The summed E-state index contributed by atoms with van der Waals surface area (Å²) >= 11 is 5.70. The second kappa shape index (κ2) is 41.9. The fourth-order valence-electron chi connectivity index (χ4n) is 10.9. The van der Waals surface area contributed by atoms with E-state index in [2.05, 4.69) is 38.4 Å². The van der Waals surface area contributed by atoms with Gasteiger partial charge in [-0.15, -0.1) is 11.8 Å². The Morgan fingerprint density at radius 3 is 1.74 bits per heavy atom. The maximum atomic E-state index is 14.0. The number of carbonyl (C=O) groups is 10. The number of rotatable bonds is 31. The molecule has 7 amide bonds. The number of hydrogen-bond acceptors (Lipinski definition) is 15. The molecule has 27 heteroatoms. The maximum absolute atomic E-state index is 14.0. The Labute approximate surface area is 540 Å². The minimum absolute atomic E-state index is 0.00453. The molecule has 16 N–H and O–H groups in total. The standard InChI is InChI=1S/C58H83N13O13S.C4H6.C2H6/c59-49(73)33-68-21-22-69(34-50(60)74)25-26-71(36-52(62)76)45(32-70(24-23-68)35-51(61)75)29-37-11-16-44(17-12-37)65-58(85)64-31-38-8-14-41(15-9-38)48(72)30-43(28-39-10-13-40-5-1-2-6-42(40)27-39)54(79)63-20-4-3-7-46(55(80)81)66-57(84)67-47(56(82)83)18-19-53(77)78;1-3-4-2;1-2/h1-2,5-6,10-13,16-17,27,38,41,43,45-47H,3-4,7-9,14-15,18-26,28-36H2,(H2,59,73)(H2,60,74)(H2,61,75)(H2,62,76)(H,63,79)(H,77,78)(H,80,81)(H,82,83)(H2,64,65,85)(H2,66,67,84);1-2H3;1-2H3/t38?,41?,43-,45?,46+,47+;;/m1../s1/i;;1T. The molecule has 1 aliphatic heterocycles. The van der Waals surface area contributed by atoms with Gasteiger partial charge in [0.05, 0.1) is 26.2 Å². The van der Waals surface area contributed by atoms with E-state index in [1.165, 1.54) is 0 Å². The van der Waals surface area contributed by atoms with E-state index in [4.69, 9.17) is 41.6 Å². The Morgan fingerprint density at radius 1 is 0.659 bits per heavy atom. The SMILES string of the molecule is CC#CC.NC(=O)CN1CCN(CC(N)=O)CCN(CC(N)=O)C(Cc2ccc(NC(=S)NCC3CCC(C(=O)C[C@@H](Cc4ccc5ccccc5c4)C(=O)NCCCC[C@H](NC(=O)N[C@@H](CCC(=O)O)C(=O)O)C(=O)O)CC3)cc2)CN(CC(N)=O)CC1.[3H]CC. The van der Waals surface area contributed by atoms with Crippen LogP contribution >= 0.6 is 12.2 Å². The summed E-state index contributed by atoms with van der Waals surface area (Å²) in [7, 11) is 0. The quantitative estimate of drug-likeness (QED) is 0.0250. The van der Waals surface area contributed by atoms with Crippen molar-refractivity contribution in [2.75, 3.05) is 90.4 Å². The molecule has 0 bridgehead atoms. The smallest absolute Gasteiger partial charge is 0.326 e. The van der Waals surface area contributed by atoms with E-state index in [1.807, 2.05) is 100 Å². The van der Waals surface area contributed by atoms with Crippen molar-refractivity contribution in [1.29, 1.82) is 0 Å². The lowest BCUT2D eigenvalue weighted by molar-refractivity contribution is -0.141. The first kappa shape index (κ1) is 75.2. The molecule has 2 fully saturated rings. The zero-order valence-corrected chi connectivity index (χ0v) is 53.4. The van der Waals surface area contributed by atoms with Crippen molar-refractivity contribution < 1.29 is 64.6 Å². The predicted octanol–water partition coefficient (Wildman–Crippen LogP) is 2.24. The van der Waals surface area contributed by atoms with Crippen LogP contribution in [0.25, 0.3) is 10.8 Å². The van der Waals surface area contributed by atoms with Gasteiger partial charge < -0.3 is 64.8 Å². The average Bonchev–Trinajstić information content (AvgIpc) is 0.910. The summed E-state index contributed by atoms with van der Waals surface area (Å²) in [6.07, 6.45) is 3.23. The van der Waals surface area contributed by atoms with Gasteiger partial charge in [0.1, 0.15) is 17.9 Å². The van der Waals surface area contributed by atoms with Gasteiger partial charge in [0, 0.05) is 96.7 Å². The Bertz CT molecular complexity index is 2970. The van der Waals surface area contributed by atoms with E-state index < -0.39 is 78.4 Å². The molecule has 0 radical (unpaired) electrons. The van der Waals surface area contributed by atoms with Gasteiger partial charge in [-0.3, -0.25) is 53.2 Å². The molecule has 91 heavy (non-hydrogen) atoms. The van der Waals surface area contributed by atoms with Crippen molar-refractivity contribution in [2.24, 2.45) is 40.7 Å². The van der Waals surface area contributed by atoms with Crippen molar-refractivity contribution in [3.05, 3.63) is 77.9 Å². The number of aliphatic carboxylic acids is 3. The zero-order valence-electron chi connectivity index (χ0n) is 53.6. The lowest BCUT2D eigenvalue weighted by atomic mass is 9.77. The molecule has 5 rings (SSSR count). The number of unbranched alkanes of at least 4 members (excludes halogenated alkanes) is 1. The van der Waals surface area contributed by atoms with Gasteiger partial charge in [0.15, 0.2) is 5.11 Å². The van der Waals surface area contributed by atoms with Gasteiger partial charge >= 0.3 is 23.9 Å². The summed E-state index contributed by atoms with van der Waals surface area (Å²) in [6, 6.07) is 17.1. The molecular weight excluding hydrogens is 1190 g/mol. The molecule has 3 aromatic rings. The van der Waals surface area contributed by atoms with Crippen LogP contribution in [0.15, 0.2) is 66.7 Å². The van der Waals surface area contributed by atoms with E-state index >= 15 is 0 Å². The molecule has 1 aliphatic carbocycles. The van der Waals surface area contributed by atoms with Gasteiger partial charge in [-0.2, -0.15) is 0 Å². The molecule has 1 saturated heterocycles. The number of amides is 7. The van der Waals surface area contributed by atoms with E-state index in [1.54, 1.807) is 6.92 Å². The van der Waals surface area contributed by atoms with Crippen LogP contribution in [0.5, 0.6) is 0 Å². The van der Waals surface area contributed by atoms with E-state index in [9.17, 15) is 58.2 Å².